The van der Waals surface area contributed by atoms with Crippen LogP contribution in [0.1, 0.15) is 5.01 Å². The Kier molecular flexibility index (Phi) is 5.56. The number of amides is 1. The molecule has 0 atom stereocenters. The van der Waals surface area contributed by atoms with E-state index in [-0.39, 0.29) is 11.7 Å². The number of aryl methyl sites for hydroxylation is 1. The summed E-state index contributed by atoms with van der Waals surface area (Å²) in [5, 5.41) is 15.3. The molecule has 0 saturated carbocycles. The van der Waals surface area contributed by atoms with Gasteiger partial charge in [0, 0.05) is 5.69 Å². The lowest BCUT2D eigenvalue weighted by molar-refractivity contribution is -0.113. The van der Waals surface area contributed by atoms with Gasteiger partial charge in [0.1, 0.15) is 22.0 Å². The first-order chi connectivity index (χ1) is 13.6. The fourth-order valence-electron chi connectivity index (χ4n) is 2.60. The second-order valence-corrected chi connectivity index (χ2v) is 8.92. The molecule has 9 heteroatoms. The van der Waals surface area contributed by atoms with Gasteiger partial charge in [0.25, 0.3) is 0 Å². The molecule has 0 aliphatic carbocycles. The topological polar surface area (TPSA) is 77.0 Å². The van der Waals surface area contributed by atoms with Crippen molar-refractivity contribution in [2.75, 3.05) is 18.2 Å². The fraction of sp³-hybridized carbons (Fsp3) is 0.158. The molecule has 0 fully saturated rings. The number of thiazole rings is 1. The zero-order valence-corrected chi connectivity index (χ0v) is 17.6. The number of fused-ring (bicyclic) bond motifs is 1. The monoisotopic (exact) mass is 428 g/mol. The van der Waals surface area contributed by atoms with E-state index in [0.29, 0.717) is 5.03 Å². The van der Waals surface area contributed by atoms with E-state index < -0.39 is 0 Å². The molecule has 0 bridgehead atoms. The first-order valence-corrected chi connectivity index (χ1v) is 11.1. The normalized spacial score (nSPS) is 10.9. The predicted octanol–water partition coefficient (Wildman–Crippen LogP) is 4.86. The third-order valence-electron chi connectivity index (χ3n) is 3.86. The van der Waals surface area contributed by atoms with Crippen LogP contribution in [0, 0.1) is 6.92 Å². The Hall–Kier alpha value is -2.49. The third-order valence-corrected chi connectivity index (χ3v) is 6.67. The third kappa shape index (κ3) is 4.01. The number of aromatic nitrogens is 3. The average Bonchev–Trinajstić information content (AvgIpc) is 3.36. The van der Waals surface area contributed by atoms with Crippen molar-refractivity contribution in [3.05, 3.63) is 46.8 Å². The van der Waals surface area contributed by atoms with Gasteiger partial charge in [-0.2, -0.15) is 0 Å². The summed E-state index contributed by atoms with van der Waals surface area (Å²) in [6.45, 7) is 1.97. The molecule has 0 aliphatic heterocycles. The zero-order valence-electron chi connectivity index (χ0n) is 15.1. The molecule has 1 aromatic carbocycles. The molecule has 0 aliphatic rings. The molecule has 3 aromatic heterocycles. The average molecular weight is 429 g/mol. The van der Waals surface area contributed by atoms with Crippen LogP contribution in [0.3, 0.4) is 0 Å². The quantitative estimate of drug-likeness (QED) is 0.442. The van der Waals surface area contributed by atoms with Crippen molar-refractivity contribution in [1.82, 2.24) is 15.2 Å². The molecule has 142 valence electrons. The Labute approximate surface area is 174 Å². The molecule has 0 saturated heterocycles. The van der Waals surface area contributed by atoms with Crippen LogP contribution < -0.4 is 10.1 Å². The first kappa shape index (κ1) is 18.9. The first-order valence-electron chi connectivity index (χ1n) is 8.38. The van der Waals surface area contributed by atoms with Gasteiger partial charge in [-0.05, 0) is 42.6 Å². The van der Waals surface area contributed by atoms with Gasteiger partial charge in [0.15, 0.2) is 0 Å². The number of methoxy groups -OCH3 is 1. The molecule has 4 rings (SSSR count). The smallest absolute Gasteiger partial charge is 0.234 e. The largest absolute Gasteiger partial charge is 0.497 e. The van der Waals surface area contributed by atoms with Crippen molar-refractivity contribution in [2.24, 2.45) is 0 Å². The molecule has 0 radical (unpaired) electrons. The summed E-state index contributed by atoms with van der Waals surface area (Å²) in [6.07, 6.45) is 0. The molecule has 1 amide bonds. The van der Waals surface area contributed by atoms with E-state index in [4.69, 9.17) is 4.74 Å². The van der Waals surface area contributed by atoms with Crippen LogP contribution in [0.4, 0.5) is 5.69 Å². The second-order valence-electron chi connectivity index (χ2n) is 5.81. The Bertz CT molecular complexity index is 1110. The van der Waals surface area contributed by atoms with E-state index in [1.54, 1.807) is 54.0 Å². The van der Waals surface area contributed by atoms with E-state index in [1.807, 2.05) is 24.4 Å². The molecule has 28 heavy (non-hydrogen) atoms. The van der Waals surface area contributed by atoms with Gasteiger partial charge in [-0.25, -0.2) is 4.98 Å². The summed E-state index contributed by atoms with van der Waals surface area (Å²) < 4.78 is 6.13. The lowest BCUT2D eigenvalue weighted by Crippen LogP contribution is -2.14. The highest BCUT2D eigenvalue weighted by molar-refractivity contribution is 8.00. The van der Waals surface area contributed by atoms with Gasteiger partial charge in [-0.15, -0.1) is 32.9 Å². The highest BCUT2D eigenvalue weighted by Gasteiger charge is 2.17. The molecular weight excluding hydrogens is 412 g/mol. The van der Waals surface area contributed by atoms with Crippen LogP contribution in [0.15, 0.2) is 46.8 Å². The van der Waals surface area contributed by atoms with Crippen LogP contribution in [-0.2, 0) is 4.79 Å². The number of thiophene rings is 1. The summed E-state index contributed by atoms with van der Waals surface area (Å²) in [6, 6.07) is 11.2. The zero-order chi connectivity index (χ0) is 19.5. The van der Waals surface area contributed by atoms with Crippen LogP contribution in [-0.4, -0.2) is 34.0 Å². The standard InChI is InChI=1S/C19H16N4O2S3/c1-11-20-17-18(28-11)16(14-4-3-9-26-14)22-23-19(17)27-10-15(24)21-12-5-7-13(25-2)8-6-12/h3-9H,10H2,1-2H3,(H,21,24). The number of benzene rings is 1. The van der Waals surface area contributed by atoms with Gasteiger partial charge in [0.05, 0.1) is 27.4 Å². The maximum Gasteiger partial charge on any atom is 0.234 e. The number of carbonyl (C=O) groups excluding carboxylic acids is 1. The number of nitrogens with one attached hydrogen (secondary N) is 1. The maximum absolute atomic E-state index is 12.3. The molecule has 0 spiro atoms. The van der Waals surface area contributed by atoms with Crippen LogP contribution in [0.2, 0.25) is 0 Å². The Morgan fingerprint density at radius 2 is 2.04 bits per heavy atom. The van der Waals surface area contributed by atoms with Gasteiger partial charge in [-0.3, -0.25) is 4.79 Å². The number of nitrogens with zero attached hydrogens (tertiary/aromatic N) is 3. The maximum atomic E-state index is 12.3. The van der Waals surface area contributed by atoms with E-state index in [9.17, 15) is 4.79 Å². The second kappa shape index (κ2) is 8.26. The number of thioether (sulfide) groups is 1. The minimum atomic E-state index is -0.112. The summed E-state index contributed by atoms with van der Waals surface area (Å²) in [7, 11) is 1.61. The van der Waals surface area contributed by atoms with Crippen molar-refractivity contribution in [3.63, 3.8) is 0 Å². The Balaban J connectivity index is 1.50. The van der Waals surface area contributed by atoms with E-state index in [0.717, 1.165) is 37.2 Å². The minimum absolute atomic E-state index is 0.112. The molecular formula is C19H16N4O2S3. The SMILES string of the molecule is COc1ccc(NC(=O)CSc2nnc(-c3cccs3)c3sc(C)nc23)cc1. The number of carbonyl (C=O) groups is 1. The molecule has 0 unspecified atom stereocenters. The number of rotatable bonds is 6. The fourth-order valence-corrected chi connectivity index (χ4v) is 5.08. The number of ether oxygens (including phenoxy) is 1. The number of hydrogen-bond donors (Lipinski definition) is 1. The summed E-state index contributed by atoms with van der Waals surface area (Å²) in [5.41, 5.74) is 2.38. The van der Waals surface area contributed by atoms with Crippen molar-refractivity contribution in [3.8, 4) is 16.3 Å². The predicted molar refractivity (Wildman–Crippen MR) is 116 cm³/mol. The van der Waals surface area contributed by atoms with Gasteiger partial charge < -0.3 is 10.1 Å². The molecule has 6 nitrogen and oxygen atoms in total. The highest BCUT2D eigenvalue weighted by atomic mass is 32.2. The Morgan fingerprint density at radius 1 is 1.21 bits per heavy atom. The Morgan fingerprint density at radius 3 is 2.75 bits per heavy atom. The van der Waals surface area contributed by atoms with E-state index >= 15 is 0 Å². The van der Waals surface area contributed by atoms with Gasteiger partial charge >= 0.3 is 0 Å². The van der Waals surface area contributed by atoms with Crippen molar-refractivity contribution < 1.29 is 9.53 Å². The molecule has 1 N–H and O–H groups in total. The summed E-state index contributed by atoms with van der Waals surface area (Å²) >= 11 is 4.56. The van der Waals surface area contributed by atoms with E-state index in [2.05, 4.69) is 20.5 Å². The lowest BCUT2D eigenvalue weighted by Gasteiger charge is -2.06. The van der Waals surface area contributed by atoms with E-state index in [1.165, 1.54) is 11.8 Å². The van der Waals surface area contributed by atoms with Crippen molar-refractivity contribution >= 4 is 56.2 Å². The number of hydrogen-bond acceptors (Lipinski definition) is 8. The molecule has 3 heterocycles. The summed E-state index contributed by atoms with van der Waals surface area (Å²) in [5.74, 6) is 0.860. The summed E-state index contributed by atoms with van der Waals surface area (Å²) in [4.78, 5) is 18.0. The number of anilines is 1. The van der Waals surface area contributed by atoms with Crippen LogP contribution >= 0.6 is 34.4 Å². The van der Waals surface area contributed by atoms with Crippen molar-refractivity contribution in [2.45, 2.75) is 11.9 Å². The highest BCUT2D eigenvalue weighted by Crippen LogP contribution is 2.36. The minimum Gasteiger partial charge on any atom is -0.497 e. The van der Waals surface area contributed by atoms with Crippen LogP contribution in [0.25, 0.3) is 20.8 Å². The van der Waals surface area contributed by atoms with Gasteiger partial charge in [-0.1, -0.05) is 17.8 Å². The van der Waals surface area contributed by atoms with Gasteiger partial charge in [0.2, 0.25) is 5.91 Å². The van der Waals surface area contributed by atoms with Crippen LogP contribution in [0.5, 0.6) is 5.75 Å². The lowest BCUT2D eigenvalue weighted by atomic mass is 10.3. The van der Waals surface area contributed by atoms with Crippen molar-refractivity contribution in [1.29, 1.82) is 0 Å². The molecule has 4 aromatic rings.